The third kappa shape index (κ3) is 2.18. The van der Waals surface area contributed by atoms with Crippen LogP contribution in [0, 0.1) is 0 Å². The van der Waals surface area contributed by atoms with E-state index >= 15 is 0 Å². The van der Waals surface area contributed by atoms with E-state index < -0.39 is 0 Å². The molecular weight excluding hydrogens is 260 g/mol. The fourth-order valence-corrected chi connectivity index (χ4v) is 1.80. The minimum Gasteiger partial charge on any atom is -0.463 e. The first-order valence-corrected chi connectivity index (χ1v) is 6.07. The van der Waals surface area contributed by atoms with Gasteiger partial charge in [0, 0.05) is 5.39 Å². The number of fused-ring (bicyclic) bond motifs is 1. The summed E-state index contributed by atoms with van der Waals surface area (Å²) < 4.78 is 5.10. The van der Waals surface area contributed by atoms with Crippen LogP contribution in [-0.2, 0) is 0 Å². The van der Waals surface area contributed by atoms with Crippen LogP contribution in [0.1, 0.15) is 17.4 Å². The maximum Gasteiger partial charge on any atom is 0.337 e. The molecule has 0 atom stereocenters. The van der Waals surface area contributed by atoms with Crippen LogP contribution >= 0.6 is 0 Å². The van der Waals surface area contributed by atoms with Gasteiger partial charge in [-0.2, -0.15) is 10.1 Å². The van der Waals surface area contributed by atoms with Crippen molar-refractivity contribution in [1.82, 2.24) is 25.4 Å². The zero-order valence-electron chi connectivity index (χ0n) is 10.7. The van der Waals surface area contributed by atoms with E-state index in [4.69, 9.17) is 4.74 Å². The van der Waals surface area contributed by atoms with Gasteiger partial charge < -0.3 is 4.74 Å². The van der Waals surface area contributed by atoms with Crippen LogP contribution in [0.4, 0.5) is 5.95 Å². The molecule has 102 valence electrons. The van der Waals surface area contributed by atoms with E-state index in [2.05, 4.69) is 30.7 Å². The number of nitrogens with one attached hydrogen (secondary N) is 3. The van der Waals surface area contributed by atoms with Crippen LogP contribution in [0.25, 0.3) is 10.9 Å². The maximum absolute atomic E-state index is 12.1. The molecule has 3 rings (SSSR count). The number of H-pyrrole nitrogens is 2. The molecule has 1 aromatic carbocycles. The van der Waals surface area contributed by atoms with E-state index in [9.17, 15) is 4.79 Å². The first-order chi connectivity index (χ1) is 9.78. The van der Waals surface area contributed by atoms with Crippen molar-refractivity contribution in [1.29, 1.82) is 0 Å². The minimum absolute atomic E-state index is 0.190. The quantitative estimate of drug-likeness (QED) is 0.664. The fourth-order valence-electron chi connectivity index (χ4n) is 1.80. The average Bonchev–Trinajstić information content (AvgIpc) is 3.06. The molecule has 1 amide bonds. The Kier molecular flexibility index (Phi) is 3.04. The first kappa shape index (κ1) is 12.2. The molecule has 3 aromatic rings. The van der Waals surface area contributed by atoms with Crippen molar-refractivity contribution in [2.75, 3.05) is 11.9 Å². The number of rotatable bonds is 4. The van der Waals surface area contributed by atoms with Crippen molar-refractivity contribution in [3.63, 3.8) is 0 Å². The predicted molar refractivity (Wildman–Crippen MR) is 71.6 cm³/mol. The summed E-state index contributed by atoms with van der Waals surface area (Å²) in [5.41, 5.74) is 1.10. The van der Waals surface area contributed by atoms with Gasteiger partial charge in [-0.1, -0.05) is 18.2 Å². The number of carbonyl (C=O) groups excluding carboxylic acids is 1. The first-order valence-electron chi connectivity index (χ1n) is 6.07. The molecular formula is C12H12N6O2. The van der Waals surface area contributed by atoms with Crippen molar-refractivity contribution in [3.05, 3.63) is 30.0 Å². The lowest BCUT2D eigenvalue weighted by molar-refractivity contribution is 0.102. The Morgan fingerprint density at radius 2 is 2.15 bits per heavy atom. The smallest absolute Gasteiger partial charge is 0.337 e. The summed E-state index contributed by atoms with van der Waals surface area (Å²) in [6.45, 7) is 2.28. The van der Waals surface area contributed by atoms with Crippen molar-refractivity contribution >= 4 is 22.8 Å². The van der Waals surface area contributed by atoms with Gasteiger partial charge in [0.05, 0.1) is 12.1 Å². The van der Waals surface area contributed by atoms with Crippen LogP contribution < -0.4 is 10.1 Å². The summed E-state index contributed by atoms with van der Waals surface area (Å²) in [5, 5.41) is 16.5. The number of carbonyl (C=O) groups is 1. The third-order valence-electron chi connectivity index (χ3n) is 2.66. The molecule has 3 N–H and O–H groups in total. The van der Waals surface area contributed by atoms with Crippen molar-refractivity contribution < 1.29 is 9.53 Å². The van der Waals surface area contributed by atoms with E-state index in [1.165, 1.54) is 0 Å². The van der Waals surface area contributed by atoms with Gasteiger partial charge in [-0.3, -0.25) is 15.2 Å². The maximum atomic E-state index is 12.1. The molecule has 20 heavy (non-hydrogen) atoms. The monoisotopic (exact) mass is 272 g/mol. The second kappa shape index (κ2) is 5.00. The zero-order chi connectivity index (χ0) is 13.9. The second-order valence-corrected chi connectivity index (χ2v) is 3.97. The number of nitrogens with zero attached hydrogens (tertiary/aromatic N) is 3. The van der Waals surface area contributed by atoms with Gasteiger partial charge in [-0.05, 0) is 13.0 Å². The standard InChI is InChI=1S/C12H12N6O2/c1-2-20-12-14-11(17-18-12)13-10(19)9-7-5-3-4-6-8(7)15-16-9/h3-6H,2H2,1H3,(H,15,16)(H2,13,14,17,18,19). The van der Waals surface area contributed by atoms with Gasteiger partial charge in [-0.15, -0.1) is 5.10 Å². The Bertz CT molecular complexity index is 747. The van der Waals surface area contributed by atoms with Crippen molar-refractivity contribution in [3.8, 4) is 6.01 Å². The highest BCUT2D eigenvalue weighted by atomic mass is 16.5. The van der Waals surface area contributed by atoms with Gasteiger partial charge in [0.2, 0.25) is 5.95 Å². The molecule has 0 saturated carbocycles. The minimum atomic E-state index is -0.373. The van der Waals surface area contributed by atoms with Gasteiger partial charge >= 0.3 is 6.01 Å². The number of anilines is 1. The Morgan fingerprint density at radius 3 is 3.00 bits per heavy atom. The number of hydrogen-bond acceptors (Lipinski definition) is 5. The second-order valence-electron chi connectivity index (χ2n) is 3.97. The van der Waals surface area contributed by atoms with E-state index in [0.29, 0.717) is 12.3 Å². The lowest BCUT2D eigenvalue weighted by atomic mass is 10.2. The van der Waals surface area contributed by atoms with Crippen molar-refractivity contribution in [2.24, 2.45) is 0 Å². The van der Waals surface area contributed by atoms with E-state index in [1.807, 2.05) is 31.2 Å². The molecule has 2 aromatic heterocycles. The van der Waals surface area contributed by atoms with Crippen LogP contribution in [0.2, 0.25) is 0 Å². The van der Waals surface area contributed by atoms with Crippen LogP contribution in [-0.4, -0.2) is 37.9 Å². The molecule has 0 aliphatic rings. The molecule has 0 spiro atoms. The van der Waals surface area contributed by atoms with E-state index in [0.717, 1.165) is 10.9 Å². The number of amides is 1. The highest BCUT2D eigenvalue weighted by Crippen LogP contribution is 2.16. The van der Waals surface area contributed by atoms with E-state index in [-0.39, 0.29) is 17.9 Å². The Morgan fingerprint density at radius 1 is 1.30 bits per heavy atom. The number of aromatic amines is 2. The lowest BCUT2D eigenvalue weighted by Gasteiger charge is -1.98. The Balaban J connectivity index is 1.81. The number of para-hydroxylation sites is 1. The van der Waals surface area contributed by atoms with E-state index in [1.54, 1.807) is 0 Å². The van der Waals surface area contributed by atoms with Gasteiger partial charge in [0.1, 0.15) is 0 Å². The molecule has 0 bridgehead atoms. The van der Waals surface area contributed by atoms with Gasteiger partial charge in [0.15, 0.2) is 5.69 Å². The Labute approximate surface area is 113 Å². The van der Waals surface area contributed by atoms with Gasteiger partial charge in [-0.25, -0.2) is 5.10 Å². The number of ether oxygens (including phenoxy) is 1. The van der Waals surface area contributed by atoms with Gasteiger partial charge in [0.25, 0.3) is 5.91 Å². The SMILES string of the molecule is CCOc1n[nH]c(NC(=O)c2n[nH]c3ccccc23)n1. The molecule has 0 saturated heterocycles. The number of hydrogen-bond donors (Lipinski definition) is 3. The lowest BCUT2D eigenvalue weighted by Crippen LogP contribution is -2.13. The van der Waals surface area contributed by atoms with Crippen LogP contribution in [0.15, 0.2) is 24.3 Å². The topological polar surface area (TPSA) is 109 Å². The van der Waals surface area contributed by atoms with Crippen LogP contribution in [0.5, 0.6) is 6.01 Å². The molecule has 8 heteroatoms. The molecule has 0 radical (unpaired) electrons. The molecule has 8 nitrogen and oxygen atoms in total. The molecule has 0 unspecified atom stereocenters. The number of aromatic nitrogens is 5. The Hall–Kier alpha value is -2.90. The highest BCUT2D eigenvalue weighted by Gasteiger charge is 2.15. The number of benzene rings is 1. The summed E-state index contributed by atoms with van der Waals surface area (Å²) >= 11 is 0. The normalized spacial score (nSPS) is 10.7. The molecule has 0 aliphatic heterocycles. The molecule has 0 aliphatic carbocycles. The average molecular weight is 272 g/mol. The summed E-state index contributed by atoms with van der Waals surface area (Å²) in [7, 11) is 0. The van der Waals surface area contributed by atoms with Crippen molar-refractivity contribution in [2.45, 2.75) is 6.92 Å². The highest BCUT2D eigenvalue weighted by molar-refractivity contribution is 6.10. The summed E-state index contributed by atoms with van der Waals surface area (Å²) in [5.74, 6) is -0.160. The predicted octanol–water partition coefficient (Wildman–Crippen LogP) is 1.33. The van der Waals surface area contributed by atoms with Crippen LogP contribution in [0.3, 0.4) is 0 Å². The largest absolute Gasteiger partial charge is 0.463 e. The molecule has 0 fully saturated rings. The fraction of sp³-hybridized carbons (Fsp3) is 0.167. The zero-order valence-corrected chi connectivity index (χ0v) is 10.7. The third-order valence-corrected chi connectivity index (χ3v) is 2.66. The molecule has 2 heterocycles. The summed E-state index contributed by atoms with van der Waals surface area (Å²) in [6.07, 6.45) is 0. The summed E-state index contributed by atoms with van der Waals surface area (Å²) in [4.78, 5) is 16.1. The summed E-state index contributed by atoms with van der Waals surface area (Å²) in [6, 6.07) is 7.57.